The van der Waals surface area contributed by atoms with Gasteiger partial charge in [-0.3, -0.25) is 9.59 Å². The molecule has 0 aromatic rings. The zero-order chi connectivity index (χ0) is 16.7. The van der Waals surface area contributed by atoms with Gasteiger partial charge >= 0.3 is 18.1 Å². The van der Waals surface area contributed by atoms with E-state index in [0.29, 0.717) is 19.3 Å². The fraction of sp³-hybridized carbons (Fsp3) is 0.800. The molecule has 0 saturated carbocycles. The first-order valence-electron chi connectivity index (χ1n) is 7.58. The summed E-state index contributed by atoms with van der Waals surface area (Å²) >= 11 is 0. The SMILES string of the molecule is CCCC(C(=O)OCC1COC(=O)O1)C(CC(C)C)C(=O)O. The van der Waals surface area contributed by atoms with Crippen molar-refractivity contribution in [3.63, 3.8) is 0 Å². The first-order valence-corrected chi connectivity index (χ1v) is 7.58. The summed E-state index contributed by atoms with van der Waals surface area (Å²) < 4.78 is 14.5. The van der Waals surface area contributed by atoms with Crippen molar-refractivity contribution in [2.75, 3.05) is 13.2 Å². The smallest absolute Gasteiger partial charge is 0.481 e. The van der Waals surface area contributed by atoms with Crippen molar-refractivity contribution in [3.05, 3.63) is 0 Å². The molecule has 1 rings (SSSR count). The predicted octanol–water partition coefficient (Wildman–Crippen LogP) is 2.23. The van der Waals surface area contributed by atoms with Gasteiger partial charge in [-0.05, 0) is 18.8 Å². The van der Waals surface area contributed by atoms with Crippen LogP contribution in [0.25, 0.3) is 0 Å². The summed E-state index contributed by atoms with van der Waals surface area (Å²) in [5.41, 5.74) is 0. The molecule has 7 nitrogen and oxygen atoms in total. The zero-order valence-electron chi connectivity index (χ0n) is 13.2. The molecule has 1 heterocycles. The van der Waals surface area contributed by atoms with Crippen molar-refractivity contribution in [2.45, 2.75) is 46.1 Å². The summed E-state index contributed by atoms with van der Waals surface area (Å²) in [5, 5.41) is 9.39. The van der Waals surface area contributed by atoms with Gasteiger partial charge in [0.25, 0.3) is 0 Å². The number of carbonyl (C=O) groups is 3. The molecule has 0 amide bonds. The molecule has 1 aliphatic rings. The molecule has 0 aromatic carbocycles. The third-order valence-electron chi connectivity index (χ3n) is 3.49. The van der Waals surface area contributed by atoms with Crippen molar-refractivity contribution < 1.29 is 33.7 Å². The van der Waals surface area contributed by atoms with Gasteiger partial charge in [-0.15, -0.1) is 0 Å². The minimum absolute atomic E-state index is 0.0406. The quantitative estimate of drug-likeness (QED) is 0.651. The first-order chi connectivity index (χ1) is 10.3. The number of carbonyl (C=O) groups excluding carboxylic acids is 2. The van der Waals surface area contributed by atoms with E-state index in [1.165, 1.54) is 0 Å². The van der Waals surface area contributed by atoms with E-state index in [-0.39, 0.29) is 19.1 Å². The average Bonchev–Trinajstić information content (AvgIpc) is 2.85. The maximum Gasteiger partial charge on any atom is 0.508 e. The molecule has 7 heteroatoms. The van der Waals surface area contributed by atoms with Crippen LogP contribution < -0.4 is 0 Å². The summed E-state index contributed by atoms with van der Waals surface area (Å²) in [5.74, 6) is -2.84. The second-order valence-electron chi connectivity index (χ2n) is 5.90. The van der Waals surface area contributed by atoms with Crippen molar-refractivity contribution in [1.29, 1.82) is 0 Å². The Labute approximate surface area is 129 Å². The van der Waals surface area contributed by atoms with Gasteiger partial charge in [0, 0.05) is 0 Å². The Bertz CT molecular complexity index is 405. The van der Waals surface area contributed by atoms with Crippen LogP contribution in [-0.4, -0.2) is 42.5 Å². The molecular formula is C15H24O7. The lowest BCUT2D eigenvalue weighted by Crippen LogP contribution is -2.34. The average molecular weight is 316 g/mol. The molecule has 1 N–H and O–H groups in total. The monoisotopic (exact) mass is 316 g/mol. The normalized spacial score (nSPS) is 20.2. The van der Waals surface area contributed by atoms with E-state index in [1.54, 1.807) is 0 Å². The Balaban J connectivity index is 2.64. The van der Waals surface area contributed by atoms with Crippen LogP contribution in [0.3, 0.4) is 0 Å². The highest BCUT2D eigenvalue weighted by Crippen LogP contribution is 2.26. The Morgan fingerprint density at radius 1 is 1.36 bits per heavy atom. The van der Waals surface area contributed by atoms with Crippen LogP contribution in [-0.2, 0) is 23.8 Å². The molecule has 1 aliphatic heterocycles. The molecule has 22 heavy (non-hydrogen) atoms. The van der Waals surface area contributed by atoms with Gasteiger partial charge in [-0.1, -0.05) is 27.2 Å². The van der Waals surface area contributed by atoms with E-state index in [2.05, 4.69) is 4.74 Å². The molecule has 1 saturated heterocycles. The Morgan fingerprint density at radius 3 is 2.50 bits per heavy atom. The molecular weight excluding hydrogens is 292 g/mol. The molecule has 3 atom stereocenters. The van der Waals surface area contributed by atoms with Crippen molar-refractivity contribution >= 4 is 18.1 Å². The van der Waals surface area contributed by atoms with Crippen molar-refractivity contribution in [2.24, 2.45) is 17.8 Å². The largest absolute Gasteiger partial charge is 0.508 e. The van der Waals surface area contributed by atoms with Gasteiger partial charge in [0.1, 0.15) is 13.2 Å². The van der Waals surface area contributed by atoms with E-state index >= 15 is 0 Å². The third kappa shape index (κ3) is 5.54. The van der Waals surface area contributed by atoms with Crippen LogP contribution in [0.2, 0.25) is 0 Å². The van der Waals surface area contributed by atoms with Crippen LogP contribution >= 0.6 is 0 Å². The molecule has 3 unspecified atom stereocenters. The highest BCUT2D eigenvalue weighted by Gasteiger charge is 2.35. The highest BCUT2D eigenvalue weighted by molar-refractivity contribution is 5.81. The van der Waals surface area contributed by atoms with E-state index < -0.39 is 36.0 Å². The van der Waals surface area contributed by atoms with E-state index in [9.17, 15) is 19.5 Å². The number of cyclic esters (lactones) is 2. The summed E-state index contributed by atoms with van der Waals surface area (Å²) in [4.78, 5) is 34.5. The fourth-order valence-corrected chi connectivity index (χ4v) is 2.47. The van der Waals surface area contributed by atoms with Gasteiger partial charge in [-0.2, -0.15) is 0 Å². The Morgan fingerprint density at radius 2 is 2.05 bits per heavy atom. The standard InChI is InChI=1S/C15H24O7/c1-4-5-11(12(13(16)17)6-9(2)3)14(18)20-7-10-8-21-15(19)22-10/h9-12H,4-8H2,1-3H3,(H,16,17). The minimum atomic E-state index is -0.986. The fourth-order valence-electron chi connectivity index (χ4n) is 2.47. The summed E-state index contributed by atoms with van der Waals surface area (Å²) in [6, 6.07) is 0. The van der Waals surface area contributed by atoms with Crippen molar-refractivity contribution in [1.82, 2.24) is 0 Å². The lowest BCUT2D eigenvalue weighted by atomic mass is 9.83. The number of hydrogen-bond donors (Lipinski definition) is 1. The van der Waals surface area contributed by atoms with E-state index in [0.717, 1.165) is 0 Å². The van der Waals surface area contributed by atoms with E-state index in [1.807, 2.05) is 20.8 Å². The number of rotatable bonds is 9. The number of esters is 1. The molecule has 1 fully saturated rings. The van der Waals surface area contributed by atoms with E-state index in [4.69, 9.17) is 9.47 Å². The third-order valence-corrected chi connectivity index (χ3v) is 3.49. The van der Waals surface area contributed by atoms with Gasteiger partial charge in [0.2, 0.25) is 0 Å². The molecule has 0 spiro atoms. The molecule has 0 bridgehead atoms. The highest BCUT2D eigenvalue weighted by atomic mass is 16.8. The van der Waals surface area contributed by atoms with Crippen LogP contribution in [0.15, 0.2) is 0 Å². The topological polar surface area (TPSA) is 99.1 Å². The molecule has 0 aliphatic carbocycles. The molecule has 0 aromatic heterocycles. The number of hydrogen-bond acceptors (Lipinski definition) is 6. The minimum Gasteiger partial charge on any atom is -0.481 e. The maximum absolute atomic E-state index is 12.2. The lowest BCUT2D eigenvalue weighted by Gasteiger charge is -2.24. The first kappa shape index (κ1) is 18.3. The number of carboxylic acid groups (broad SMARTS) is 1. The van der Waals surface area contributed by atoms with Crippen LogP contribution in [0.4, 0.5) is 4.79 Å². The summed E-state index contributed by atoms with van der Waals surface area (Å²) in [6.45, 7) is 5.65. The number of ether oxygens (including phenoxy) is 3. The van der Waals surface area contributed by atoms with Crippen LogP contribution in [0.1, 0.15) is 40.0 Å². The Hall–Kier alpha value is -1.79. The number of aliphatic carboxylic acids is 1. The maximum atomic E-state index is 12.2. The van der Waals surface area contributed by atoms with Crippen LogP contribution in [0.5, 0.6) is 0 Å². The summed E-state index contributed by atoms with van der Waals surface area (Å²) in [7, 11) is 0. The van der Waals surface area contributed by atoms with Crippen molar-refractivity contribution in [3.8, 4) is 0 Å². The molecule has 0 radical (unpaired) electrons. The number of carboxylic acids is 1. The van der Waals surface area contributed by atoms with Gasteiger partial charge < -0.3 is 19.3 Å². The predicted molar refractivity (Wildman–Crippen MR) is 76.2 cm³/mol. The van der Waals surface area contributed by atoms with Gasteiger partial charge in [-0.25, -0.2) is 4.79 Å². The van der Waals surface area contributed by atoms with Gasteiger partial charge in [0.15, 0.2) is 6.10 Å². The van der Waals surface area contributed by atoms with Gasteiger partial charge in [0.05, 0.1) is 11.8 Å². The molecule has 126 valence electrons. The van der Waals surface area contributed by atoms with Crippen LogP contribution in [0, 0.1) is 17.8 Å². The Kier molecular flexibility index (Phi) is 7.14. The summed E-state index contributed by atoms with van der Waals surface area (Å²) in [6.07, 6.45) is 0.144. The zero-order valence-corrected chi connectivity index (χ0v) is 13.2. The lowest BCUT2D eigenvalue weighted by molar-refractivity contribution is -0.160. The second kappa shape index (κ2) is 8.60. The second-order valence-corrected chi connectivity index (χ2v) is 5.90.